The molecule has 0 aliphatic rings. The Morgan fingerprint density at radius 2 is 1.70 bits per heavy atom. The van der Waals surface area contributed by atoms with Gasteiger partial charge in [0.15, 0.2) is 0 Å². The zero-order valence-electron chi connectivity index (χ0n) is 16.3. The Morgan fingerprint density at radius 1 is 0.939 bits per heavy atom. The predicted molar refractivity (Wildman–Crippen MR) is 126 cm³/mol. The minimum absolute atomic E-state index is 0.135. The molecule has 0 bridgehead atoms. The summed E-state index contributed by atoms with van der Waals surface area (Å²) in [7, 11) is -4.25. The van der Waals surface area contributed by atoms with Gasteiger partial charge in [0.1, 0.15) is 4.90 Å². The van der Waals surface area contributed by atoms with Gasteiger partial charge >= 0.3 is 6.18 Å². The van der Waals surface area contributed by atoms with E-state index in [0.29, 0.717) is 28.6 Å². The van der Waals surface area contributed by atoms with Crippen LogP contribution in [0.1, 0.15) is 16.1 Å². The molecule has 3 aromatic carbocycles. The molecule has 33 heavy (non-hydrogen) atoms. The van der Waals surface area contributed by atoms with Crippen LogP contribution in [0.5, 0.6) is 0 Å². The second kappa shape index (κ2) is 8.96. The van der Waals surface area contributed by atoms with Crippen LogP contribution in [0.2, 0.25) is 15.1 Å². The number of thiazole rings is 1. The van der Waals surface area contributed by atoms with Crippen LogP contribution in [0.25, 0.3) is 10.2 Å². The molecule has 4 aromatic rings. The molecule has 0 aliphatic heterocycles. The number of hydrogen-bond donors (Lipinski definition) is 1. The summed E-state index contributed by atoms with van der Waals surface area (Å²) >= 11 is 19.7. The van der Waals surface area contributed by atoms with E-state index in [1.165, 1.54) is 23.5 Å². The van der Waals surface area contributed by atoms with Crippen molar-refractivity contribution in [3.05, 3.63) is 85.8 Å². The Kier molecular flexibility index (Phi) is 6.54. The highest BCUT2D eigenvalue weighted by atomic mass is 35.5. The van der Waals surface area contributed by atoms with Crippen molar-refractivity contribution in [3.8, 4) is 0 Å². The average Bonchev–Trinajstić information content (AvgIpc) is 3.10. The third-order valence-electron chi connectivity index (χ3n) is 4.59. The van der Waals surface area contributed by atoms with E-state index in [2.05, 4.69) is 9.71 Å². The second-order valence-corrected chi connectivity index (χ2v) is 11.0. The van der Waals surface area contributed by atoms with Gasteiger partial charge in [-0.05, 0) is 54.1 Å². The molecule has 0 atom stereocenters. The molecule has 172 valence electrons. The highest BCUT2D eigenvalue weighted by Crippen LogP contribution is 2.34. The lowest BCUT2D eigenvalue weighted by Gasteiger charge is -2.13. The molecule has 4 rings (SSSR count). The number of sulfonamides is 1. The maximum atomic E-state index is 12.8. The fourth-order valence-electron chi connectivity index (χ4n) is 3.05. The van der Waals surface area contributed by atoms with E-state index < -0.39 is 31.7 Å². The molecule has 0 unspecified atom stereocenters. The van der Waals surface area contributed by atoms with Crippen molar-refractivity contribution in [2.45, 2.75) is 17.5 Å². The van der Waals surface area contributed by atoms with E-state index in [-0.39, 0.29) is 5.69 Å². The molecule has 4 nitrogen and oxygen atoms in total. The summed E-state index contributed by atoms with van der Waals surface area (Å²) < 4.78 is 67.0. The van der Waals surface area contributed by atoms with Crippen molar-refractivity contribution < 1.29 is 21.6 Å². The van der Waals surface area contributed by atoms with Crippen molar-refractivity contribution in [2.24, 2.45) is 0 Å². The molecule has 1 heterocycles. The van der Waals surface area contributed by atoms with E-state index in [9.17, 15) is 21.6 Å². The van der Waals surface area contributed by atoms with Gasteiger partial charge in [0.05, 0.1) is 31.5 Å². The van der Waals surface area contributed by atoms with Crippen LogP contribution in [0, 0.1) is 0 Å². The first kappa shape index (κ1) is 24.1. The Labute approximate surface area is 206 Å². The fraction of sp³-hybridized carbons (Fsp3) is 0.0952. The Balaban J connectivity index is 1.55. The number of aromatic nitrogens is 1. The summed E-state index contributed by atoms with van der Waals surface area (Å²) in [5.74, 6) is 0. The Morgan fingerprint density at radius 3 is 2.36 bits per heavy atom. The average molecular weight is 552 g/mol. The molecule has 1 aromatic heterocycles. The zero-order valence-corrected chi connectivity index (χ0v) is 20.2. The first-order valence-corrected chi connectivity index (χ1v) is 12.6. The van der Waals surface area contributed by atoms with Crippen LogP contribution in [-0.4, -0.2) is 13.4 Å². The zero-order chi connectivity index (χ0) is 24.0. The lowest BCUT2D eigenvalue weighted by molar-refractivity contribution is -0.137. The lowest BCUT2D eigenvalue weighted by atomic mass is 10.1. The van der Waals surface area contributed by atoms with Crippen LogP contribution in [-0.2, 0) is 22.6 Å². The summed E-state index contributed by atoms with van der Waals surface area (Å²) in [6.07, 6.45) is -4.22. The van der Waals surface area contributed by atoms with E-state index in [0.717, 1.165) is 26.9 Å². The topological polar surface area (TPSA) is 59.1 Å². The van der Waals surface area contributed by atoms with Gasteiger partial charge in [-0.1, -0.05) is 40.9 Å². The summed E-state index contributed by atoms with van der Waals surface area (Å²) in [6.45, 7) is 0. The number of benzene rings is 3. The number of rotatable bonds is 5. The maximum Gasteiger partial charge on any atom is 0.416 e. The summed E-state index contributed by atoms with van der Waals surface area (Å²) in [5.41, 5.74) is 0.584. The standard InChI is InChI=1S/C21H12Cl3F3N2O2S2/c22-13-3-5-18-17(9-13)28-20(32-18)7-11-1-4-14(10-15(11)23)29-33(30,31)19-6-2-12(8-16(19)24)21(25,26)27/h1-6,8-10,29H,7H2. The third-order valence-corrected chi connectivity index (χ3v) is 8.08. The van der Waals surface area contributed by atoms with Crippen LogP contribution in [0.4, 0.5) is 18.9 Å². The van der Waals surface area contributed by atoms with E-state index in [4.69, 9.17) is 34.8 Å². The number of nitrogens with zero attached hydrogens (tertiary/aromatic N) is 1. The summed E-state index contributed by atoms with van der Waals surface area (Å²) in [5, 5.41) is 1.14. The number of fused-ring (bicyclic) bond motifs is 1. The van der Waals surface area contributed by atoms with Gasteiger partial charge in [0.25, 0.3) is 10.0 Å². The molecule has 0 saturated carbocycles. The Bertz CT molecular complexity index is 1470. The molecule has 0 fully saturated rings. The molecule has 0 saturated heterocycles. The maximum absolute atomic E-state index is 12.8. The van der Waals surface area contributed by atoms with Crippen molar-refractivity contribution in [3.63, 3.8) is 0 Å². The van der Waals surface area contributed by atoms with E-state index in [1.54, 1.807) is 18.2 Å². The van der Waals surface area contributed by atoms with Crippen molar-refractivity contribution >= 4 is 72.1 Å². The largest absolute Gasteiger partial charge is 0.416 e. The third kappa shape index (κ3) is 5.38. The lowest BCUT2D eigenvalue weighted by Crippen LogP contribution is -2.14. The summed E-state index contributed by atoms with van der Waals surface area (Å²) in [4.78, 5) is 4.05. The van der Waals surface area contributed by atoms with Crippen molar-refractivity contribution in [1.29, 1.82) is 0 Å². The van der Waals surface area contributed by atoms with Gasteiger partial charge in [0.2, 0.25) is 0 Å². The molecular weight excluding hydrogens is 540 g/mol. The van der Waals surface area contributed by atoms with Crippen molar-refractivity contribution in [2.75, 3.05) is 4.72 Å². The molecule has 0 radical (unpaired) electrons. The minimum Gasteiger partial charge on any atom is -0.280 e. The highest BCUT2D eigenvalue weighted by molar-refractivity contribution is 7.92. The number of anilines is 1. The SMILES string of the molecule is O=S(=O)(Nc1ccc(Cc2nc3cc(Cl)ccc3s2)c(Cl)c1)c1ccc(C(F)(F)F)cc1Cl. The number of hydrogen-bond acceptors (Lipinski definition) is 4. The number of halogens is 6. The molecule has 0 aliphatic carbocycles. The van der Waals surface area contributed by atoms with Gasteiger partial charge in [-0.2, -0.15) is 13.2 Å². The van der Waals surface area contributed by atoms with Gasteiger partial charge in [-0.3, -0.25) is 4.72 Å². The van der Waals surface area contributed by atoms with Gasteiger partial charge in [0, 0.05) is 16.5 Å². The minimum atomic E-state index is -4.64. The van der Waals surface area contributed by atoms with Crippen molar-refractivity contribution in [1.82, 2.24) is 4.98 Å². The molecular formula is C21H12Cl3F3N2O2S2. The summed E-state index contributed by atoms with van der Waals surface area (Å²) in [6, 6.07) is 12.0. The Hall–Kier alpha value is -2.04. The van der Waals surface area contributed by atoms with E-state index >= 15 is 0 Å². The number of alkyl halides is 3. The first-order chi connectivity index (χ1) is 15.4. The predicted octanol–water partition coefficient (Wildman–Crippen LogP) is 7.67. The van der Waals surface area contributed by atoms with Gasteiger partial charge in [-0.25, -0.2) is 13.4 Å². The first-order valence-electron chi connectivity index (χ1n) is 9.15. The second-order valence-electron chi connectivity index (χ2n) is 6.95. The van der Waals surface area contributed by atoms with Crippen LogP contribution < -0.4 is 4.72 Å². The number of nitrogens with one attached hydrogen (secondary N) is 1. The molecule has 1 N–H and O–H groups in total. The van der Waals surface area contributed by atoms with Gasteiger partial charge in [-0.15, -0.1) is 11.3 Å². The monoisotopic (exact) mass is 550 g/mol. The smallest absolute Gasteiger partial charge is 0.280 e. The van der Waals surface area contributed by atoms with Crippen LogP contribution >= 0.6 is 46.1 Å². The van der Waals surface area contributed by atoms with Crippen LogP contribution in [0.3, 0.4) is 0 Å². The quantitative estimate of drug-likeness (QED) is 0.277. The molecule has 12 heteroatoms. The van der Waals surface area contributed by atoms with E-state index in [1.807, 2.05) is 6.07 Å². The normalized spacial score (nSPS) is 12.3. The highest BCUT2D eigenvalue weighted by Gasteiger charge is 2.32. The van der Waals surface area contributed by atoms with Gasteiger partial charge < -0.3 is 0 Å². The van der Waals surface area contributed by atoms with Crippen LogP contribution in [0.15, 0.2) is 59.5 Å². The molecule has 0 amide bonds. The molecule has 0 spiro atoms. The fourth-order valence-corrected chi connectivity index (χ4v) is 6.03.